The molecule has 7 nitrogen and oxygen atoms in total. The van der Waals surface area contributed by atoms with Crippen LogP contribution in [0.1, 0.15) is 60.3 Å². The highest BCUT2D eigenvalue weighted by atomic mass is 16.2. The Morgan fingerprint density at radius 1 is 1.19 bits per heavy atom. The summed E-state index contributed by atoms with van der Waals surface area (Å²) in [4.78, 5) is 34.0. The first-order valence-corrected chi connectivity index (χ1v) is 11.2. The van der Waals surface area contributed by atoms with E-state index in [1.807, 2.05) is 6.07 Å². The number of amides is 1. The Hall–Kier alpha value is -2.93. The van der Waals surface area contributed by atoms with Gasteiger partial charge >= 0.3 is 0 Å². The fraction of sp³-hybridized carbons (Fsp3) is 0.458. The lowest BCUT2D eigenvalue weighted by Gasteiger charge is -2.35. The molecule has 162 valence electrons. The first kappa shape index (κ1) is 20.0. The Morgan fingerprint density at radius 3 is 2.77 bits per heavy atom. The van der Waals surface area contributed by atoms with Gasteiger partial charge in [-0.15, -0.1) is 0 Å². The van der Waals surface area contributed by atoms with E-state index in [0.29, 0.717) is 30.7 Å². The van der Waals surface area contributed by atoms with Crippen LogP contribution >= 0.6 is 0 Å². The molecule has 2 aromatic heterocycles. The molecule has 4 heterocycles. The predicted octanol–water partition coefficient (Wildman–Crippen LogP) is 2.96. The van der Waals surface area contributed by atoms with Crippen molar-refractivity contribution in [3.05, 3.63) is 68.8 Å². The molecule has 1 saturated heterocycles. The molecule has 5 rings (SSSR count). The van der Waals surface area contributed by atoms with Crippen molar-refractivity contribution in [2.45, 2.75) is 58.7 Å². The van der Waals surface area contributed by atoms with Crippen LogP contribution in [-0.4, -0.2) is 43.4 Å². The summed E-state index contributed by atoms with van der Waals surface area (Å²) >= 11 is 0. The number of hydrogen-bond donors (Lipinski definition) is 1. The van der Waals surface area contributed by atoms with Crippen molar-refractivity contribution < 1.29 is 4.79 Å². The van der Waals surface area contributed by atoms with Crippen LogP contribution in [0.15, 0.2) is 35.1 Å². The van der Waals surface area contributed by atoms with E-state index in [0.717, 1.165) is 30.9 Å². The average molecular weight is 420 g/mol. The number of carbonyl (C=O) groups is 1. The van der Waals surface area contributed by atoms with E-state index in [1.165, 1.54) is 24.0 Å². The third-order valence-corrected chi connectivity index (χ3v) is 6.71. The number of rotatable bonds is 3. The summed E-state index contributed by atoms with van der Waals surface area (Å²) in [5.41, 5.74) is 5.67. The minimum absolute atomic E-state index is 0.00345. The molecule has 0 spiro atoms. The van der Waals surface area contributed by atoms with Crippen molar-refractivity contribution >= 4 is 11.6 Å². The largest absolute Gasteiger partial charge is 0.338 e. The Bertz CT molecular complexity index is 1180. The highest BCUT2D eigenvalue weighted by Crippen LogP contribution is 2.32. The second kappa shape index (κ2) is 7.96. The van der Waals surface area contributed by atoms with E-state index in [-0.39, 0.29) is 17.5 Å². The zero-order valence-electron chi connectivity index (χ0n) is 18.2. The smallest absolute Gasteiger partial charge is 0.277 e. The summed E-state index contributed by atoms with van der Waals surface area (Å²) in [6.45, 7) is 6.56. The lowest BCUT2D eigenvalue weighted by Crippen LogP contribution is -2.39. The van der Waals surface area contributed by atoms with Gasteiger partial charge in [0.2, 0.25) is 5.91 Å². The molecule has 1 fully saturated rings. The van der Waals surface area contributed by atoms with Crippen LogP contribution in [0.5, 0.6) is 0 Å². The maximum absolute atomic E-state index is 13.2. The molecule has 1 atom stereocenters. The number of carbonyl (C=O) groups excluding carboxylic acids is 1. The van der Waals surface area contributed by atoms with Crippen molar-refractivity contribution in [3.8, 4) is 0 Å². The highest BCUT2D eigenvalue weighted by molar-refractivity contribution is 5.73. The van der Waals surface area contributed by atoms with E-state index < -0.39 is 0 Å². The maximum Gasteiger partial charge on any atom is 0.277 e. The molecule has 1 amide bonds. The fourth-order valence-electron chi connectivity index (χ4n) is 4.90. The van der Waals surface area contributed by atoms with Gasteiger partial charge < -0.3 is 4.90 Å². The van der Waals surface area contributed by atoms with Gasteiger partial charge in [-0.1, -0.05) is 36.2 Å². The van der Waals surface area contributed by atoms with Gasteiger partial charge in [-0.3, -0.25) is 19.6 Å². The van der Waals surface area contributed by atoms with Gasteiger partial charge in [-0.2, -0.15) is 0 Å². The SMILES string of the molecule is CC(=O)N1CCc2nc3cc([C@H]4CCCCN4Cc4ccc(C)cc4)[nH]n3c(=O)c2C1. The predicted molar refractivity (Wildman–Crippen MR) is 119 cm³/mol. The third kappa shape index (κ3) is 3.78. The van der Waals surface area contributed by atoms with Gasteiger partial charge in [-0.25, -0.2) is 9.50 Å². The van der Waals surface area contributed by atoms with Crippen LogP contribution in [0.2, 0.25) is 0 Å². The Kier molecular flexibility index (Phi) is 5.14. The molecule has 7 heteroatoms. The van der Waals surface area contributed by atoms with Gasteiger partial charge in [0, 0.05) is 32.5 Å². The van der Waals surface area contributed by atoms with Gasteiger partial charge in [0.15, 0.2) is 5.65 Å². The van der Waals surface area contributed by atoms with Crippen molar-refractivity contribution in [1.29, 1.82) is 0 Å². The molecule has 0 aliphatic carbocycles. The van der Waals surface area contributed by atoms with Gasteiger partial charge in [0.1, 0.15) is 0 Å². The number of benzene rings is 1. The molecule has 1 N–H and O–H groups in total. The summed E-state index contributed by atoms with van der Waals surface area (Å²) in [5, 5.41) is 3.35. The normalized spacial score (nSPS) is 19.5. The standard InChI is InChI=1S/C24H29N5O2/c1-16-6-8-18(9-7-16)14-28-11-4-3-5-22(28)21-13-23-25-20-10-12-27(17(2)30)15-19(20)24(31)29(23)26-21/h6-9,13,22,26H,3-5,10-12,14-15H2,1-2H3/t22-/m1/s1. The van der Waals surface area contributed by atoms with Crippen molar-refractivity contribution in [2.24, 2.45) is 0 Å². The first-order chi connectivity index (χ1) is 15.0. The van der Waals surface area contributed by atoms with Crippen molar-refractivity contribution in [3.63, 3.8) is 0 Å². The maximum atomic E-state index is 13.2. The van der Waals surface area contributed by atoms with Crippen LogP contribution < -0.4 is 5.56 Å². The molecule has 2 aliphatic heterocycles. The summed E-state index contributed by atoms with van der Waals surface area (Å²) in [5.74, 6) is -0.00345. The van der Waals surface area contributed by atoms with Crippen molar-refractivity contribution in [2.75, 3.05) is 13.1 Å². The highest BCUT2D eigenvalue weighted by Gasteiger charge is 2.28. The second-order valence-electron chi connectivity index (χ2n) is 8.91. The van der Waals surface area contributed by atoms with Crippen LogP contribution in [0, 0.1) is 6.92 Å². The molecular formula is C24H29N5O2. The topological polar surface area (TPSA) is 73.7 Å². The number of nitrogens with one attached hydrogen (secondary N) is 1. The summed E-state index contributed by atoms with van der Waals surface area (Å²) in [6.07, 6.45) is 4.06. The average Bonchev–Trinajstić information content (AvgIpc) is 3.20. The number of aromatic amines is 1. The fourth-order valence-corrected chi connectivity index (χ4v) is 4.90. The number of piperidine rings is 1. The molecule has 0 unspecified atom stereocenters. The molecule has 1 aromatic carbocycles. The number of hydrogen-bond acceptors (Lipinski definition) is 4. The second-order valence-corrected chi connectivity index (χ2v) is 8.91. The Labute approximate surface area is 181 Å². The monoisotopic (exact) mass is 419 g/mol. The summed E-state index contributed by atoms with van der Waals surface area (Å²) < 4.78 is 1.57. The molecule has 0 bridgehead atoms. The molecule has 0 saturated carbocycles. The van der Waals surface area contributed by atoms with Gasteiger partial charge in [0.05, 0.1) is 29.5 Å². The van der Waals surface area contributed by atoms with Gasteiger partial charge in [-0.05, 0) is 31.9 Å². The van der Waals surface area contributed by atoms with E-state index in [1.54, 1.807) is 16.3 Å². The number of nitrogens with zero attached hydrogens (tertiary/aromatic N) is 4. The lowest BCUT2D eigenvalue weighted by molar-refractivity contribution is -0.129. The van der Waals surface area contributed by atoms with E-state index >= 15 is 0 Å². The zero-order chi connectivity index (χ0) is 21.5. The van der Waals surface area contributed by atoms with E-state index in [4.69, 9.17) is 4.98 Å². The minimum atomic E-state index is -0.0851. The number of fused-ring (bicyclic) bond motifs is 2. The van der Waals surface area contributed by atoms with Crippen LogP contribution in [-0.2, 0) is 24.3 Å². The molecule has 0 radical (unpaired) electrons. The summed E-state index contributed by atoms with van der Waals surface area (Å²) in [6, 6.07) is 11.0. The van der Waals surface area contributed by atoms with Crippen molar-refractivity contribution in [1.82, 2.24) is 24.4 Å². The quantitative estimate of drug-likeness (QED) is 0.708. The van der Waals surface area contributed by atoms with Crippen LogP contribution in [0.3, 0.4) is 0 Å². The minimum Gasteiger partial charge on any atom is -0.338 e. The number of aromatic nitrogens is 3. The first-order valence-electron chi connectivity index (χ1n) is 11.2. The molecule has 31 heavy (non-hydrogen) atoms. The molecule has 2 aliphatic rings. The lowest BCUT2D eigenvalue weighted by atomic mass is 9.98. The zero-order valence-corrected chi connectivity index (χ0v) is 18.2. The number of aryl methyl sites for hydroxylation is 1. The molecule has 3 aromatic rings. The Balaban J connectivity index is 1.47. The number of likely N-dealkylation sites (tertiary alicyclic amines) is 1. The van der Waals surface area contributed by atoms with E-state index in [9.17, 15) is 9.59 Å². The van der Waals surface area contributed by atoms with Gasteiger partial charge in [0.25, 0.3) is 5.56 Å². The Morgan fingerprint density at radius 2 is 2.00 bits per heavy atom. The van der Waals surface area contributed by atoms with Crippen LogP contribution in [0.25, 0.3) is 5.65 Å². The third-order valence-electron chi connectivity index (χ3n) is 6.71. The van der Waals surface area contributed by atoms with Crippen LogP contribution in [0.4, 0.5) is 0 Å². The number of H-pyrrole nitrogens is 1. The molecular weight excluding hydrogens is 390 g/mol. The summed E-state index contributed by atoms with van der Waals surface area (Å²) in [7, 11) is 0. The van der Waals surface area contributed by atoms with E-state index in [2.05, 4.69) is 41.2 Å².